The van der Waals surface area contributed by atoms with Crippen molar-refractivity contribution < 1.29 is 9.00 Å². The van der Waals surface area contributed by atoms with Crippen LogP contribution in [-0.2, 0) is 22.0 Å². The zero-order chi connectivity index (χ0) is 10.0. The first kappa shape index (κ1) is 10.3. The molecule has 1 atom stereocenters. The zero-order valence-corrected chi connectivity index (χ0v) is 9.00. The number of thiazole rings is 1. The fourth-order valence-corrected chi connectivity index (χ4v) is 2.68. The van der Waals surface area contributed by atoms with Gasteiger partial charge in [-0.15, -0.1) is 11.3 Å². The molecule has 0 aromatic carbocycles. The summed E-state index contributed by atoms with van der Waals surface area (Å²) in [5.74, 6) is -0.389. The van der Waals surface area contributed by atoms with Crippen LogP contribution < -0.4 is 5.73 Å². The smallest absolute Gasteiger partial charge is 0.222 e. The van der Waals surface area contributed by atoms with Crippen LogP contribution in [0.5, 0.6) is 0 Å². The molecule has 4 nitrogen and oxygen atoms in total. The predicted octanol–water partition coefficient (Wildman–Crippen LogP) is 0.217. The van der Waals surface area contributed by atoms with Gasteiger partial charge in [0.05, 0.1) is 22.9 Å². The summed E-state index contributed by atoms with van der Waals surface area (Å²) in [6.45, 7) is 1.78. The Morgan fingerprint density at radius 1 is 1.69 bits per heavy atom. The van der Waals surface area contributed by atoms with Crippen molar-refractivity contribution in [2.24, 2.45) is 5.73 Å². The Morgan fingerprint density at radius 3 is 2.69 bits per heavy atom. The number of rotatable bonds is 3. The fraction of sp³-hybridized carbons (Fsp3) is 0.429. The molecule has 0 fully saturated rings. The van der Waals surface area contributed by atoms with Crippen LogP contribution in [0, 0.1) is 6.92 Å². The number of primary amides is 1. The van der Waals surface area contributed by atoms with Crippen molar-refractivity contribution in [3.63, 3.8) is 0 Å². The second-order valence-electron chi connectivity index (χ2n) is 2.59. The van der Waals surface area contributed by atoms with E-state index in [1.54, 1.807) is 13.2 Å². The number of hydrogen-bond donors (Lipinski definition) is 1. The van der Waals surface area contributed by atoms with Gasteiger partial charge in [0, 0.05) is 11.1 Å². The third-order valence-electron chi connectivity index (χ3n) is 1.45. The normalized spacial score (nSPS) is 12.8. The summed E-state index contributed by atoms with van der Waals surface area (Å²) < 4.78 is 11.6. The van der Waals surface area contributed by atoms with Crippen molar-refractivity contribution in [3.05, 3.63) is 10.6 Å². The number of carbonyl (C=O) groups is 1. The lowest BCUT2D eigenvalue weighted by Crippen LogP contribution is -2.13. The van der Waals surface area contributed by atoms with Crippen molar-refractivity contribution in [2.75, 3.05) is 6.26 Å². The number of aryl methyl sites for hydroxylation is 1. The topological polar surface area (TPSA) is 73.1 Å². The highest BCUT2D eigenvalue weighted by atomic mass is 32.2. The van der Waals surface area contributed by atoms with Crippen LogP contribution in [0.3, 0.4) is 0 Å². The molecule has 0 aliphatic heterocycles. The monoisotopic (exact) mass is 218 g/mol. The standard InChI is InChI=1S/C7H10N2O2S2/c1-4-5(3-6(8)10)12-7(9-4)13(2)11/h3H2,1-2H3,(H2,8,10). The predicted molar refractivity (Wildman–Crippen MR) is 52.1 cm³/mol. The highest BCUT2D eigenvalue weighted by Crippen LogP contribution is 2.20. The van der Waals surface area contributed by atoms with Gasteiger partial charge in [0.1, 0.15) is 0 Å². The molecule has 1 unspecified atom stereocenters. The van der Waals surface area contributed by atoms with Crippen LogP contribution in [0.1, 0.15) is 10.6 Å². The van der Waals surface area contributed by atoms with Crippen LogP contribution in [0.25, 0.3) is 0 Å². The van der Waals surface area contributed by atoms with Gasteiger partial charge in [-0.05, 0) is 6.92 Å². The molecule has 0 radical (unpaired) electrons. The summed E-state index contributed by atoms with van der Waals surface area (Å²) in [5.41, 5.74) is 5.79. The van der Waals surface area contributed by atoms with E-state index < -0.39 is 10.8 Å². The van der Waals surface area contributed by atoms with E-state index in [2.05, 4.69) is 4.98 Å². The van der Waals surface area contributed by atoms with Gasteiger partial charge >= 0.3 is 0 Å². The van der Waals surface area contributed by atoms with E-state index in [0.29, 0.717) is 4.34 Å². The van der Waals surface area contributed by atoms with E-state index in [1.165, 1.54) is 11.3 Å². The number of nitrogens with two attached hydrogens (primary N) is 1. The van der Waals surface area contributed by atoms with Crippen molar-refractivity contribution in [3.8, 4) is 0 Å². The van der Waals surface area contributed by atoms with E-state index in [9.17, 15) is 9.00 Å². The van der Waals surface area contributed by atoms with Crippen LogP contribution in [0.2, 0.25) is 0 Å². The van der Waals surface area contributed by atoms with Crippen LogP contribution in [0.15, 0.2) is 4.34 Å². The average molecular weight is 218 g/mol. The molecule has 72 valence electrons. The highest BCUT2D eigenvalue weighted by molar-refractivity contribution is 7.86. The molecule has 1 rings (SSSR count). The van der Waals surface area contributed by atoms with Gasteiger partial charge in [-0.1, -0.05) is 0 Å². The maximum absolute atomic E-state index is 11.0. The molecular weight excluding hydrogens is 208 g/mol. The first-order valence-electron chi connectivity index (χ1n) is 3.58. The van der Waals surface area contributed by atoms with E-state index in [4.69, 9.17) is 5.73 Å². The minimum atomic E-state index is -1.08. The summed E-state index contributed by atoms with van der Waals surface area (Å²) in [7, 11) is -1.08. The molecule has 1 amide bonds. The molecular formula is C7H10N2O2S2. The first-order valence-corrected chi connectivity index (χ1v) is 5.96. The van der Waals surface area contributed by atoms with Gasteiger partial charge in [0.2, 0.25) is 5.91 Å². The molecule has 0 bridgehead atoms. The molecule has 2 N–H and O–H groups in total. The second kappa shape index (κ2) is 3.97. The maximum Gasteiger partial charge on any atom is 0.222 e. The van der Waals surface area contributed by atoms with Crippen molar-refractivity contribution in [1.82, 2.24) is 4.98 Å². The molecule has 0 aliphatic rings. The van der Waals surface area contributed by atoms with E-state index >= 15 is 0 Å². The third kappa shape index (κ3) is 2.60. The zero-order valence-electron chi connectivity index (χ0n) is 7.36. The Kier molecular flexibility index (Phi) is 3.16. The Labute approximate surface area is 82.6 Å². The van der Waals surface area contributed by atoms with E-state index in [-0.39, 0.29) is 12.3 Å². The lowest BCUT2D eigenvalue weighted by molar-refractivity contribution is -0.117. The van der Waals surface area contributed by atoms with Crippen molar-refractivity contribution >= 4 is 28.0 Å². The lowest BCUT2D eigenvalue weighted by Gasteiger charge is -1.90. The third-order valence-corrected chi connectivity index (χ3v) is 3.94. The summed E-state index contributed by atoms with van der Waals surface area (Å²) in [4.78, 5) is 15.5. The molecule has 0 aliphatic carbocycles. The summed E-state index contributed by atoms with van der Waals surface area (Å²) in [5, 5.41) is 0. The minimum absolute atomic E-state index is 0.181. The van der Waals surface area contributed by atoms with Crippen LogP contribution in [0.4, 0.5) is 0 Å². The first-order chi connectivity index (χ1) is 6.00. The highest BCUT2D eigenvalue weighted by Gasteiger charge is 2.11. The number of nitrogens with zero attached hydrogens (tertiary/aromatic N) is 1. The number of amides is 1. The van der Waals surface area contributed by atoms with Gasteiger partial charge in [-0.3, -0.25) is 9.00 Å². The van der Waals surface area contributed by atoms with Gasteiger partial charge < -0.3 is 5.73 Å². The quantitative estimate of drug-likeness (QED) is 0.788. The van der Waals surface area contributed by atoms with E-state index in [1.807, 2.05) is 0 Å². The van der Waals surface area contributed by atoms with E-state index in [0.717, 1.165) is 10.6 Å². The molecule has 0 spiro atoms. The summed E-state index contributed by atoms with van der Waals surface area (Å²) in [6, 6.07) is 0. The average Bonchev–Trinajstić information content (AvgIpc) is 2.31. The number of carbonyl (C=O) groups excluding carboxylic acids is 1. The Morgan fingerprint density at radius 2 is 2.31 bits per heavy atom. The molecule has 6 heteroatoms. The van der Waals surface area contributed by atoms with Gasteiger partial charge in [0.25, 0.3) is 0 Å². The molecule has 1 aromatic rings. The molecule has 0 saturated carbocycles. The Bertz CT molecular complexity index is 359. The molecule has 1 aromatic heterocycles. The van der Waals surface area contributed by atoms with Crippen molar-refractivity contribution in [2.45, 2.75) is 17.7 Å². The minimum Gasteiger partial charge on any atom is -0.369 e. The van der Waals surface area contributed by atoms with Gasteiger partial charge in [-0.2, -0.15) is 0 Å². The lowest BCUT2D eigenvalue weighted by atomic mass is 10.3. The van der Waals surface area contributed by atoms with Crippen LogP contribution in [-0.4, -0.2) is 21.4 Å². The largest absolute Gasteiger partial charge is 0.369 e. The summed E-state index contributed by atoms with van der Waals surface area (Å²) in [6.07, 6.45) is 1.74. The van der Waals surface area contributed by atoms with Crippen LogP contribution >= 0.6 is 11.3 Å². The van der Waals surface area contributed by atoms with Crippen molar-refractivity contribution in [1.29, 1.82) is 0 Å². The SMILES string of the molecule is Cc1nc(S(C)=O)sc1CC(N)=O. The number of aromatic nitrogens is 1. The maximum atomic E-state index is 11.0. The summed E-state index contributed by atoms with van der Waals surface area (Å²) >= 11 is 1.28. The molecule has 1 heterocycles. The van der Waals surface area contributed by atoms with Gasteiger partial charge in [0.15, 0.2) is 4.34 Å². The van der Waals surface area contributed by atoms with Gasteiger partial charge in [-0.25, -0.2) is 4.98 Å². The Balaban J connectivity index is 2.96. The molecule has 13 heavy (non-hydrogen) atoms. The molecule has 0 saturated heterocycles. The Hall–Kier alpha value is -0.750. The number of hydrogen-bond acceptors (Lipinski definition) is 4. The fourth-order valence-electron chi connectivity index (χ4n) is 0.847. The second-order valence-corrected chi connectivity index (χ2v) is 5.22.